The number of oxazole rings is 1. The third-order valence-corrected chi connectivity index (χ3v) is 4.50. The van der Waals surface area contributed by atoms with Gasteiger partial charge in [-0.1, -0.05) is 11.6 Å². The average molecular weight is 393 g/mol. The molecule has 2 aromatic rings. The summed E-state index contributed by atoms with van der Waals surface area (Å²) < 4.78 is 10.5. The number of nitrogens with zero attached hydrogens (tertiary/aromatic N) is 2. The highest BCUT2D eigenvalue weighted by atomic mass is 35.5. The second-order valence-electron chi connectivity index (χ2n) is 6.09. The molecule has 0 unspecified atom stereocenters. The Bertz CT molecular complexity index is 793. The van der Waals surface area contributed by atoms with Gasteiger partial charge in [0.1, 0.15) is 0 Å². The average Bonchev–Trinajstić information content (AvgIpc) is 3.31. The minimum atomic E-state index is -0.685. The van der Waals surface area contributed by atoms with Gasteiger partial charge in [-0.05, 0) is 50.6 Å². The van der Waals surface area contributed by atoms with Gasteiger partial charge in [0.25, 0.3) is 5.91 Å². The molecule has 2 N–H and O–H groups in total. The van der Waals surface area contributed by atoms with Gasteiger partial charge in [-0.3, -0.25) is 15.1 Å². The fourth-order valence-corrected chi connectivity index (χ4v) is 3.11. The first-order valence-corrected chi connectivity index (χ1v) is 9.12. The van der Waals surface area contributed by atoms with Crippen molar-refractivity contribution in [3.63, 3.8) is 0 Å². The Morgan fingerprint density at radius 3 is 2.85 bits per heavy atom. The molecule has 0 bridgehead atoms. The summed E-state index contributed by atoms with van der Waals surface area (Å²) in [6.07, 6.45) is 2.55. The fourth-order valence-electron chi connectivity index (χ4n) is 2.98. The molecule has 9 heteroatoms. The molecule has 0 aliphatic carbocycles. The molecular weight excluding hydrogens is 372 g/mol. The molecule has 2 heterocycles. The predicted molar refractivity (Wildman–Crippen MR) is 98.7 cm³/mol. The molecule has 1 atom stereocenters. The molecule has 27 heavy (non-hydrogen) atoms. The van der Waals surface area contributed by atoms with E-state index in [1.807, 2.05) is 17.0 Å². The summed E-state index contributed by atoms with van der Waals surface area (Å²) in [6.45, 7) is 3.08. The van der Waals surface area contributed by atoms with E-state index in [4.69, 9.17) is 20.8 Å². The van der Waals surface area contributed by atoms with Crippen LogP contribution < -0.4 is 10.9 Å². The lowest BCUT2D eigenvalue weighted by atomic mass is 10.2. The van der Waals surface area contributed by atoms with Crippen LogP contribution in [0.1, 0.15) is 25.7 Å². The molecule has 1 saturated heterocycles. The molecule has 1 aliphatic rings. The van der Waals surface area contributed by atoms with Crippen LogP contribution in [0.2, 0.25) is 5.02 Å². The van der Waals surface area contributed by atoms with Crippen LogP contribution >= 0.6 is 11.6 Å². The predicted octanol–water partition coefficient (Wildman–Crippen LogP) is 2.74. The van der Waals surface area contributed by atoms with E-state index in [1.165, 1.54) is 0 Å². The van der Waals surface area contributed by atoms with E-state index in [-0.39, 0.29) is 18.6 Å². The van der Waals surface area contributed by atoms with Crippen molar-refractivity contribution in [1.29, 1.82) is 0 Å². The Morgan fingerprint density at radius 2 is 2.11 bits per heavy atom. The number of hydrogen-bond donors (Lipinski definition) is 2. The summed E-state index contributed by atoms with van der Waals surface area (Å²) in [5, 5.41) is 0.654. The second kappa shape index (κ2) is 8.88. The van der Waals surface area contributed by atoms with Crippen molar-refractivity contribution in [1.82, 2.24) is 20.7 Å². The van der Waals surface area contributed by atoms with E-state index in [2.05, 4.69) is 15.8 Å². The van der Waals surface area contributed by atoms with Crippen LogP contribution in [0.5, 0.6) is 0 Å². The number of amides is 2. The van der Waals surface area contributed by atoms with E-state index in [0.717, 1.165) is 18.5 Å². The van der Waals surface area contributed by atoms with Crippen LogP contribution in [-0.4, -0.2) is 41.1 Å². The first-order valence-electron chi connectivity index (χ1n) is 8.74. The van der Waals surface area contributed by atoms with E-state index in [9.17, 15) is 9.59 Å². The van der Waals surface area contributed by atoms with Crippen LogP contribution in [0.4, 0.5) is 4.79 Å². The van der Waals surface area contributed by atoms with Crippen LogP contribution in [-0.2, 0) is 16.1 Å². The molecule has 0 saturated carbocycles. The number of carbonyl (C=O) groups is 2. The summed E-state index contributed by atoms with van der Waals surface area (Å²) in [7, 11) is 0. The Hall–Kier alpha value is -2.58. The topological polar surface area (TPSA) is 96.7 Å². The van der Waals surface area contributed by atoms with Crippen molar-refractivity contribution >= 4 is 23.6 Å². The lowest BCUT2D eigenvalue weighted by Gasteiger charge is -2.22. The minimum Gasteiger partial charge on any atom is -0.449 e. The Labute approximate surface area is 161 Å². The van der Waals surface area contributed by atoms with E-state index in [0.29, 0.717) is 29.6 Å². The third kappa shape index (κ3) is 4.99. The van der Waals surface area contributed by atoms with Crippen molar-refractivity contribution in [2.75, 3.05) is 13.2 Å². The molecule has 8 nitrogen and oxygen atoms in total. The van der Waals surface area contributed by atoms with Crippen LogP contribution in [0.15, 0.2) is 34.9 Å². The number of carbonyl (C=O) groups excluding carboxylic acids is 2. The zero-order valence-electron chi connectivity index (χ0n) is 14.9. The van der Waals surface area contributed by atoms with Gasteiger partial charge in [0.2, 0.25) is 5.89 Å². The number of hydrogen-bond acceptors (Lipinski definition) is 6. The largest absolute Gasteiger partial charge is 0.449 e. The Balaban J connectivity index is 1.59. The molecule has 1 fully saturated rings. The summed E-state index contributed by atoms with van der Waals surface area (Å²) in [5.74, 6) is 0.883. The molecule has 1 aromatic heterocycles. The summed E-state index contributed by atoms with van der Waals surface area (Å²) >= 11 is 5.90. The van der Waals surface area contributed by atoms with Gasteiger partial charge in [0, 0.05) is 10.6 Å². The van der Waals surface area contributed by atoms with E-state index in [1.54, 1.807) is 25.3 Å². The number of nitrogens with one attached hydrogen (secondary N) is 2. The Morgan fingerprint density at radius 1 is 1.33 bits per heavy atom. The first-order chi connectivity index (χ1) is 13.1. The van der Waals surface area contributed by atoms with Gasteiger partial charge in [0.15, 0.2) is 5.76 Å². The number of aromatic nitrogens is 1. The van der Waals surface area contributed by atoms with Crippen LogP contribution in [0.3, 0.4) is 0 Å². The minimum absolute atomic E-state index is 0.234. The van der Waals surface area contributed by atoms with Gasteiger partial charge >= 0.3 is 6.09 Å². The molecule has 1 aliphatic heterocycles. The maximum atomic E-state index is 12.3. The molecular formula is C18H21ClN4O4. The molecule has 2 amide bonds. The molecule has 0 spiro atoms. The SMILES string of the molecule is CCOC(=O)NNC(=O)[C@H]1CCCN1Cc1ncc(-c2ccc(Cl)cc2)o1. The molecule has 3 rings (SSSR count). The van der Waals surface area contributed by atoms with Crippen molar-refractivity contribution in [3.05, 3.63) is 41.4 Å². The van der Waals surface area contributed by atoms with E-state index >= 15 is 0 Å². The monoisotopic (exact) mass is 392 g/mol. The van der Waals surface area contributed by atoms with E-state index < -0.39 is 6.09 Å². The number of likely N-dealkylation sites (tertiary alicyclic amines) is 1. The standard InChI is InChI=1S/C18H21ClN4O4/c1-2-26-18(25)22-21-17(24)14-4-3-9-23(14)11-16-20-10-15(27-16)12-5-7-13(19)8-6-12/h5-8,10,14H,2-4,9,11H2,1H3,(H,21,24)(H,22,25)/t14-/m1/s1. The van der Waals surface area contributed by atoms with Crippen molar-refractivity contribution < 1.29 is 18.7 Å². The highest BCUT2D eigenvalue weighted by Gasteiger charge is 2.32. The van der Waals surface area contributed by atoms with Gasteiger partial charge in [-0.25, -0.2) is 15.2 Å². The van der Waals surface area contributed by atoms with Crippen LogP contribution in [0.25, 0.3) is 11.3 Å². The number of ether oxygens (including phenoxy) is 1. The van der Waals surface area contributed by atoms with Gasteiger partial charge < -0.3 is 9.15 Å². The zero-order valence-corrected chi connectivity index (χ0v) is 15.7. The quantitative estimate of drug-likeness (QED) is 0.759. The Kier molecular flexibility index (Phi) is 6.31. The lowest BCUT2D eigenvalue weighted by Crippen LogP contribution is -2.50. The van der Waals surface area contributed by atoms with Crippen molar-refractivity contribution in [2.45, 2.75) is 32.4 Å². The summed E-state index contributed by atoms with van der Waals surface area (Å²) in [5.41, 5.74) is 5.51. The third-order valence-electron chi connectivity index (χ3n) is 4.25. The number of rotatable bonds is 5. The number of benzene rings is 1. The second-order valence-corrected chi connectivity index (χ2v) is 6.52. The lowest BCUT2D eigenvalue weighted by molar-refractivity contribution is -0.126. The van der Waals surface area contributed by atoms with Crippen molar-refractivity contribution in [3.8, 4) is 11.3 Å². The smallest absolute Gasteiger partial charge is 0.426 e. The molecule has 1 aromatic carbocycles. The normalized spacial score (nSPS) is 16.9. The van der Waals surface area contributed by atoms with Crippen LogP contribution in [0, 0.1) is 0 Å². The highest BCUT2D eigenvalue weighted by molar-refractivity contribution is 6.30. The summed E-state index contributed by atoms with van der Waals surface area (Å²) in [6, 6.07) is 6.93. The maximum Gasteiger partial charge on any atom is 0.426 e. The zero-order chi connectivity index (χ0) is 19.2. The first kappa shape index (κ1) is 19.2. The fraction of sp³-hybridized carbons (Fsp3) is 0.389. The highest BCUT2D eigenvalue weighted by Crippen LogP contribution is 2.25. The number of hydrazine groups is 1. The molecule has 144 valence electrons. The maximum absolute atomic E-state index is 12.3. The summed E-state index contributed by atoms with van der Waals surface area (Å²) in [4.78, 5) is 29.9. The van der Waals surface area contributed by atoms with Gasteiger partial charge in [0.05, 0.1) is 25.4 Å². The van der Waals surface area contributed by atoms with Gasteiger partial charge in [-0.15, -0.1) is 0 Å². The van der Waals surface area contributed by atoms with Gasteiger partial charge in [-0.2, -0.15) is 0 Å². The number of halogens is 1. The van der Waals surface area contributed by atoms with Crippen molar-refractivity contribution in [2.24, 2.45) is 0 Å². The molecule has 0 radical (unpaired) electrons.